The van der Waals surface area contributed by atoms with Gasteiger partial charge in [-0.25, -0.2) is 4.98 Å². The Kier molecular flexibility index (Phi) is 8.48. The normalized spacial score (nSPS) is 18.0. The molecule has 0 saturated carbocycles. The van der Waals surface area contributed by atoms with Crippen LogP contribution in [-0.2, 0) is 17.5 Å². The third-order valence-electron chi connectivity index (χ3n) is 7.07. The number of likely N-dealkylation sites (tertiary alicyclic amines) is 2. The van der Waals surface area contributed by atoms with Gasteiger partial charge in [0.25, 0.3) is 0 Å². The van der Waals surface area contributed by atoms with Gasteiger partial charge >= 0.3 is 13.2 Å². The summed E-state index contributed by atoms with van der Waals surface area (Å²) in [5.41, 5.74) is 6.75. The molecule has 2 aliphatic heterocycles. The zero-order valence-corrected chi connectivity index (χ0v) is 21.0. The molecule has 2 fully saturated rings. The van der Waals surface area contributed by atoms with E-state index in [1.165, 1.54) is 6.07 Å². The molecule has 0 radical (unpaired) electrons. The summed E-state index contributed by atoms with van der Waals surface area (Å²) in [5, 5.41) is 15.6. The molecule has 4 rings (SSSR count). The molecule has 1 aromatic carbocycles. The Morgan fingerprint density at radius 2 is 1.84 bits per heavy atom. The van der Waals surface area contributed by atoms with E-state index < -0.39 is 18.8 Å². The van der Waals surface area contributed by atoms with Gasteiger partial charge in [-0.05, 0) is 81.5 Å². The molecule has 3 heterocycles. The van der Waals surface area contributed by atoms with Crippen molar-refractivity contribution in [2.75, 3.05) is 42.5 Å². The fourth-order valence-electron chi connectivity index (χ4n) is 5.05. The zero-order chi connectivity index (χ0) is 26.6. The van der Waals surface area contributed by atoms with Crippen molar-refractivity contribution in [3.63, 3.8) is 0 Å². The summed E-state index contributed by atoms with van der Waals surface area (Å²) in [4.78, 5) is 21.6. The molecular weight excluding hydrogens is 484 g/mol. The van der Waals surface area contributed by atoms with E-state index in [1.54, 1.807) is 13.0 Å². The average Bonchev–Trinajstić information content (AvgIpc) is 2.85. The number of nitrogens with zero attached hydrogens (tertiary/aromatic N) is 3. The van der Waals surface area contributed by atoms with Crippen molar-refractivity contribution in [1.29, 1.82) is 0 Å². The first-order chi connectivity index (χ1) is 17.6. The second-order valence-electron chi connectivity index (χ2n) is 9.96. The fourth-order valence-corrected chi connectivity index (χ4v) is 5.05. The lowest BCUT2D eigenvalue weighted by Crippen LogP contribution is -2.47. The summed E-state index contributed by atoms with van der Waals surface area (Å²) in [6.45, 7) is 5.32. The number of aromatic nitrogens is 1. The summed E-state index contributed by atoms with van der Waals surface area (Å²) in [7, 11) is -0.673. The summed E-state index contributed by atoms with van der Waals surface area (Å²) >= 11 is 0. The van der Waals surface area contributed by atoms with Gasteiger partial charge in [-0.2, -0.15) is 13.2 Å². The van der Waals surface area contributed by atoms with Crippen molar-refractivity contribution in [3.05, 3.63) is 47.7 Å². The van der Waals surface area contributed by atoms with Crippen LogP contribution in [0.5, 0.6) is 0 Å². The minimum absolute atomic E-state index is 0.0104. The van der Waals surface area contributed by atoms with Gasteiger partial charge in [-0.3, -0.25) is 9.69 Å². The Labute approximate surface area is 215 Å². The molecule has 0 aliphatic carbocycles. The highest BCUT2D eigenvalue weighted by atomic mass is 19.4. The van der Waals surface area contributed by atoms with E-state index in [9.17, 15) is 23.0 Å². The smallest absolute Gasteiger partial charge is 0.416 e. The zero-order valence-electron chi connectivity index (χ0n) is 21.0. The maximum absolute atomic E-state index is 13.1. The van der Waals surface area contributed by atoms with E-state index in [0.717, 1.165) is 63.0 Å². The predicted octanol–water partition coefficient (Wildman–Crippen LogP) is 3.52. The minimum Gasteiger partial charge on any atom is -0.433 e. The molecule has 8 nitrogen and oxygen atoms in total. The molecule has 2 aromatic rings. The lowest BCUT2D eigenvalue weighted by molar-refractivity contribution is -0.138. The number of alkyl halides is 3. The van der Waals surface area contributed by atoms with Gasteiger partial charge in [0, 0.05) is 37.8 Å². The molecule has 37 heavy (non-hydrogen) atoms. The second kappa shape index (κ2) is 11.6. The molecule has 2 aliphatic rings. The number of pyridine rings is 1. The molecule has 1 amide bonds. The van der Waals surface area contributed by atoms with E-state index in [2.05, 4.69) is 20.4 Å². The van der Waals surface area contributed by atoms with Crippen molar-refractivity contribution in [2.45, 2.75) is 51.3 Å². The number of nitrogens with two attached hydrogens (primary N) is 1. The van der Waals surface area contributed by atoms with Crippen LogP contribution >= 0.6 is 0 Å². The Morgan fingerprint density at radius 3 is 2.46 bits per heavy atom. The van der Waals surface area contributed by atoms with E-state index in [-0.39, 0.29) is 23.6 Å². The molecule has 0 spiro atoms. The van der Waals surface area contributed by atoms with Crippen LogP contribution in [0.15, 0.2) is 36.5 Å². The standard InChI is InChI=1S/C25H34BF3N6O2/c1-26(37)33-23-14-17(4-9-31-23)16-34-10-5-18(6-11-34)24(36)35-12-7-20(8-13-35)32-22-3-2-19(15-21(22)30)25(27,28)29/h2-4,9,14-15,18,20,32,37H,5-8,10-13,16,30H2,1H3,(H,31,33). The number of carbonyl (C=O) groups is 1. The van der Waals surface area contributed by atoms with Gasteiger partial charge in [0.05, 0.1) is 16.9 Å². The number of nitrogens with one attached hydrogen (secondary N) is 2. The SMILES string of the molecule is CB(O)Nc1cc(CN2CCC(C(=O)N3CCC(Nc4ccc(C(F)(F)F)cc4N)CC3)CC2)ccn1. The molecule has 0 unspecified atom stereocenters. The van der Waals surface area contributed by atoms with Gasteiger partial charge in [-0.1, -0.05) is 0 Å². The van der Waals surface area contributed by atoms with Gasteiger partial charge in [-0.15, -0.1) is 0 Å². The number of hydrogen-bond donors (Lipinski definition) is 4. The topological polar surface area (TPSA) is 107 Å². The molecule has 5 N–H and O–H groups in total. The Hall–Kier alpha value is -2.99. The first-order valence-electron chi connectivity index (χ1n) is 12.7. The number of benzene rings is 1. The molecule has 2 saturated heterocycles. The summed E-state index contributed by atoms with van der Waals surface area (Å²) < 4.78 is 38.6. The van der Waals surface area contributed by atoms with Crippen molar-refractivity contribution in [2.24, 2.45) is 5.92 Å². The highest BCUT2D eigenvalue weighted by Gasteiger charge is 2.32. The maximum Gasteiger partial charge on any atom is 0.416 e. The number of rotatable bonds is 7. The van der Waals surface area contributed by atoms with E-state index in [1.807, 2.05) is 17.0 Å². The van der Waals surface area contributed by atoms with Crippen LogP contribution in [0, 0.1) is 5.92 Å². The lowest BCUT2D eigenvalue weighted by atomic mass is 9.89. The number of anilines is 3. The van der Waals surface area contributed by atoms with Gasteiger partial charge < -0.3 is 26.2 Å². The molecule has 0 atom stereocenters. The van der Waals surface area contributed by atoms with E-state index in [4.69, 9.17) is 5.73 Å². The van der Waals surface area contributed by atoms with Crippen LogP contribution in [0.1, 0.15) is 36.8 Å². The first-order valence-corrected chi connectivity index (χ1v) is 12.7. The second-order valence-corrected chi connectivity index (χ2v) is 9.96. The molecule has 0 bridgehead atoms. The number of carbonyl (C=O) groups excluding carboxylic acids is 1. The monoisotopic (exact) mass is 518 g/mol. The Bertz CT molecular complexity index is 1070. The third kappa shape index (κ3) is 7.29. The van der Waals surface area contributed by atoms with Crippen LogP contribution in [0.2, 0.25) is 6.82 Å². The van der Waals surface area contributed by atoms with Crippen LogP contribution in [0.3, 0.4) is 0 Å². The van der Waals surface area contributed by atoms with Gasteiger partial charge in [0.15, 0.2) is 0 Å². The lowest BCUT2D eigenvalue weighted by Gasteiger charge is -2.37. The van der Waals surface area contributed by atoms with Gasteiger partial charge in [0.2, 0.25) is 5.91 Å². The summed E-state index contributed by atoms with van der Waals surface area (Å²) in [6.07, 6.45) is 0.353. The summed E-state index contributed by atoms with van der Waals surface area (Å²) in [5.74, 6) is 0.840. The third-order valence-corrected chi connectivity index (χ3v) is 7.07. The van der Waals surface area contributed by atoms with Crippen LogP contribution in [0.25, 0.3) is 0 Å². The number of amides is 1. The Balaban J connectivity index is 1.22. The maximum atomic E-state index is 13.1. The molecular formula is C25H34BF3N6O2. The van der Waals surface area contributed by atoms with Crippen LogP contribution in [0.4, 0.5) is 30.4 Å². The highest BCUT2D eigenvalue weighted by Crippen LogP contribution is 2.33. The highest BCUT2D eigenvalue weighted by molar-refractivity contribution is 6.52. The van der Waals surface area contributed by atoms with E-state index >= 15 is 0 Å². The number of nitrogen functional groups attached to an aromatic ring is 1. The number of hydrogen-bond acceptors (Lipinski definition) is 7. The quantitative estimate of drug-likeness (QED) is 0.328. The molecule has 12 heteroatoms. The summed E-state index contributed by atoms with van der Waals surface area (Å²) in [6, 6.07) is 7.30. The van der Waals surface area contributed by atoms with Crippen molar-refractivity contribution >= 4 is 30.2 Å². The number of halogens is 3. The number of piperidine rings is 2. The largest absolute Gasteiger partial charge is 0.433 e. The predicted molar refractivity (Wildman–Crippen MR) is 139 cm³/mol. The van der Waals surface area contributed by atoms with Crippen LogP contribution in [-0.4, -0.2) is 65.0 Å². The van der Waals surface area contributed by atoms with Crippen molar-refractivity contribution in [3.8, 4) is 0 Å². The minimum atomic E-state index is -4.42. The Morgan fingerprint density at radius 1 is 1.14 bits per heavy atom. The van der Waals surface area contributed by atoms with Crippen molar-refractivity contribution < 1.29 is 23.0 Å². The van der Waals surface area contributed by atoms with E-state index in [0.29, 0.717) is 24.6 Å². The fraction of sp³-hybridized carbons (Fsp3) is 0.520. The van der Waals surface area contributed by atoms with Crippen molar-refractivity contribution in [1.82, 2.24) is 14.8 Å². The molecule has 200 valence electrons. The first kappa shape index (κ1) is 27.1. The average molecular weight is 518 g/mol. The van der Waals surface area contributed by atoms with Gasteiger partial charge in [0.1, 0.15) is 5.82 Å². The molecule has 1 aromatic heterocycles. The van der Waals surface area contributed by atoms with Crippen LogP contribution < -0.4 is 16.3 Å².